The Hall–Kier alpha value is -1.26. The second-order valence-corrected chi connectivity index (χ2v) is 6.69. The molecular weight excluding hydrogens is 345 g/mol. The van der Waals surface area contributed by atoms with Crippen LogP contribution in [0.3, 0.4) is 0 Å². The molecule has 1 aliphatic rings. The molecule has 0 bridgehead atoms. The molecule has 2 aromatic rings. The van der Waals surface area contributed by atoms with Crippen molar-refractivity contribution in [2.24, 2.45) is 5.92 Å². The number of rotatable bonds is 5. The highest BCUT2D eigenvalue weighted by molar-refractivity contribution is 6.30. The summed E-state index contributed by atoms with van der Waals surface area (Å²) in [4.78, 5) is 0. The number of benzene rings is 2. The highest BCUT2D eigenvalue weighted by atomic mass is 35.5. The van der Waals surface area contributed by atoms with Crippen molar-refractivity contribution >= 4 is 24.0 Å². The van der Waals surface area contributed by atoms with Crippen LogP contribution in [0.1, 0.15) is 29.2 Å². The van der Waals surface area contributed by atoms with Gasteiger partial charge in [-0.3, -0.25) is 0 Å². The molecule has 2 atom stereocenters. The van der Waals surface area contributed by atoms with Crippen molar-refractivity contribution in [2.75, 3.05) is 13.1 Å². The van der Waals surface area contributed by atoms with E-state index in [0.717, 1.165) is 36.9 Å². The molecule has 0 saturated heterocycles. The molecule has 0 saturated carbocycles. The van der Waals surface area contributed by atoms with Gasteiger partial charge >= 0.3 is 0 Å². The molecule has 3 rings (SSSR count). The zero-order valence-electron chi connectivity index (χ0n) is 13.4. The number of nitrogens with one attached hydrogen (secondary N) is 1. The molecule has 130 valence electrons. The molecule has 1 aliphatic carbocycles. The lowest BCUT2D eigenvalue weighted by molar-refractivity contribution is 0.172. The van der Waals surface area contributed by atoms with E-state index in [0.29, 0.717) is 23.2 Å². The average Bonchev–Trinajstić information content (AvgIpc) is 2.55. The Morgan fingerprint density at radius 1 is 1.21 bits per heavy atom. The van der Waals surface area contributed by atoms with Crippen molar-refractivity contribution in [2.45, 2.75) is 25.4 Å². The highest BCUT2D eigenvalue weighted by Crippen LogP contribution is 2.31. The largest absolute Gasteiger partial charge is 0.508 e. The van der Waals surface area contributed by atoms with Crippen LogP contribution in [0.15, 0.2) is 42.5 Å². The fourth-order valence-corrected chi connectivity index (χ4v) is 3.47. The number of aliphatic hydroxyl groups is 1. The maximum Gasteiger partial charge on any atom is 0.119 e. The van der Waals surface area contributed by atoms with Crippen LogP contribution in [0.2, 0.25) is 5.02 Å². The smallest absolute Gasteiger partial charge is 0.119 e. The van der Waals surface area contributed by atoms with Gasteiger partial charge in [0.25, 0.3) is 0 Å². The Labute approximate surface area is 154 Å². The Bertz CT molecular complexity index is 678. The zero-order valence-corrected chi connectivity index (χ0v) is 15.0. The standard InChI is InChI=1S/C19H22ClNO2.ClH/c20-16-5-1-4-15(10-16)19(23)12-21-11-13-7-8-14-3-2-6-18(22)17(14)9-13;/h1-6,10,13,19,21-23H,7-9,11-12H2;1H. The molecule has 0 spiro atoms. The predicted molar refractivity (Wildman–Crippen MR) is 100 cm³/mol. The minimum absolute atomic E-state index is 0. The number of hydrogen-bond donors (Lipinski definition) is 3. The molecular formula is C19H23Cl2NO2. The summed E-state index contributed by atoms with van der Waals surface area (Å²) < 4.78 is 0. The van der Waals surface area contributed by atoms with E-state index in [1.807, 2.05) is 18.2 Å². The van der Waals surface area contributed by atoms with E-state index in [2.05, 4.69) is 11.4 Å². The number of halogens is 2. The van der Waals surface area contributed by atoms with Gasteiger partial charge in [-0.15, -0.1) is 12.4 Å². The normalized spacial score (nSPS) is 17.7. The van der Waals surface area contributed by atoms with Crippen LogP contribution in [0.5, 0.6) is 5.75 Å². The van der Waals surface area contributed by atoms with E-state index in [4.69, 9.17) is 11.6 Å². The third-order valence-electron chi connectivity index (χ3n) is 4.57. The summed E-state index contributed by atoms with van der Waals surface area (Å²) >= 11 is 5.95. The first kappa shape index (κ1) is 19.1. The van der Waals surface area contributed by atoms with Gasteiger partial charge in [-0.1, -0.05) is 35.9 Å². The van der Waals surface area contributed by atoms with Crippen molar-refractivity contribution in [1.82, 2.24) is 5.32 Å². The first-order chi connectivity index (χ1) is 11.1. The van der Waals surface area contributed by atoms with Crippen LogP contribution in [0.4, 0.5) is 0 Å². The van der Waals surface area contributed by atoms with Gasteiger partial charge < -0.3 is 15.5 Å². The topological polar surface area (TPSA) is 52.5 Å². The molecule has 2 aromatic carbocycles. The average molecular weight is 368 g/mol. The van der Waals surface area contributed by atoms with Crippen LogP contribution >= 0.6 is 24.0 Å². The number of hydrogen-bond acceptors (Lipinski definition) is 3. The molecule has 3 N–H and O–H groups in total. The second-order valence-electron chi connectivity index (χ2n) is 6.25. The lowest BCUT2D eigenvalue weighted by Gasteiger charge is -2.26. The van der Waals surface area contributed by atoms with Crippen molar-refractivity contribution in [1.29, 1.82) is 0 Å². The van der Waals surface area contributed by atoms with E-state index in [1.54, 1.807) is 18.2 Å². The van der Waals surface area contributed by atoms with Gasteiger partial charge in [-0.2, -0.15) is 0 Å². The predicted octanol–water partition coefficient (Wildman–Crippen LogP) is 3.90. The third-order valence-corrected chi connectivity index (χ3v) is 4.80. The Morgan fingerprint density at radius 3 is 2.79 bits per heavy atom. The van der Waals surface area contributed by atoms with Crippen LogP contribution in [-0.2, 0) is 12.8 Å². The van der Waals surface area contributed by atoms with Gasteiger partial charge in [0.15, 0.2) is 0 Å². The lowest BCUT2D eigenvalue weighted by atomic mass is 9.83. The van der Waals surface area contributed by atoms with Crippen molar-refractivity contribution in [3.05, 3.63) is 64.2 Å². The molecule has 0 heterocycles. The summed E-state index contributed by atoms with van der Waals surface area (Å²) in [6.07, 6.45) is 2.45. The monoisotopic (exact) mass is 367 g/mol. The van der Waals surface area contributed by atoms with Crippen LogP contribution < -0.4 is 5.32 Å². The van der Waals surface area contributed by atoms with Gasteiger partial charge in [0.2, 0.25) is 0 Å². The number of aryl methyl sites for hydroxylation is 1. The summed E-state index contributed by atoms with van der Waals surface area (Å²) in [5.41, 5.74) is 3.18. The summed E-state index contributed by atoms with van der Waals surface area (Å²) in [5.74, 6) is 0.897. The molecule has 0 aromatic heterocycles. The number of fused-ring (bicyclic) bond motifs is 1. The fourth-order valence-electron chi connectivity index (χ4n) is 3.27. The molecule has 0 aliphatic heterocycles. The van der Waals surface area contributed by atoms with E-state index < -0.39 is 6.10 Å². The van der Waals surface area contributed by atoms with Gasteiger partial charge in [-0.25, -0.2) is 0 Å². The first-order valence-electron chi connectivity index (χ1n) is 8.07. The van der Waals surface area contributed by atoms with Gasteiger partial charge in [-0.05, 0) is 66.6 Å². The van der Waals surface area contributed by atoms with Crippen molar-refractivity contribution in [3.8, 4) is 5.75 Å². The van der Waals surface area contributed by atoms with Crippen molar-refractivity contribution in [3.63, 3.8) is 0 Å². The molecule has 5 heteroatoms. The van der Waals surface area contributed by atoms with Gasteiger partial charge in [0.1, 0.15) is 5.75 Å². The van der Waals surface area contributed by atoms with E-state index in [9.17, 15) is 10.2 Å². The Balaban J connectivity index is 0.00000208. The molecule has 0 fully saturated rings. The van der Waals surface area contributed by atoms with Crippen LogP contribution in [0, 0.1) is 5.92 Å². The second kappa shape index (κ2) is 8.72. The molecule has 0 amide bonds. The molecule has 3 nitrogen and oxygen atoms in total. The van der Waals surface area contributed by atoms with Crippen molar-refractivity contribution < 1.29 is 10.2 Å². The van der Waals surface area contributed by atoms with E-state index in [1.165, 1.54) is 5.56 Å². The molecule has 2 unspecified atom stereocenters. The number of aliphatic hydroxyl groups excluding tert-OH is 1. The number of phenolic OH excluding ortho intramolecular Hbond substituents is 1. The SMILES string of the molecule is Cl.Oc1cccc2c1CC(CNCC(O)c1cccc(Cl)c1)CC2. The van der Waals surface area contributed by atoms with Crippen LogP contribution in [-0.4, -0.2) is 23.3 Å². The lowest BCUT2D eigenvalue weighted by Crippen LogP contribution is -2.30. The quantitative estimate of drug-likeness (QED) is 0.751. The molecule has 0 radical (unpaired) electrons. The van der Waals surface area contributed by atoms with Gasteiger partial charge in [0.05, 0.1) is 6.10 Å². The number of aromatic hydroxyl groups is 1. The fraction of sp³-hybridized carbons (Fsp3) is 0.368. The Kier molecular flexibility index (Phi) is 6.93. The zero-order chi connectivity index (χ0) is 16.2. The first-order valence-corrected chi connectivity index (χ1v) is 8.45. The summed E-state index contributed by atoms with van der Waals surface area (Å²) in [6, 6.07) is 13.1. The summed E-state index contributed by atoms with van der Waals surface area (Å²) in [5, 5.41) is 24.2. The van der Waals surface area contributed by atoms with Gasteiger partial charge in [0, 0.05) is 11.6 Å². The van der Waals surface area contributed by atoms with E-state index >= 15 is 0 Å². The minimum Gasteiger partial charge on any atom is -0.508 e. The maximum atomic E-state index is 10.2. The highest BCUT2D eigenvalue weighted by Gasteiger charge is 2.21. The minimum atomic E-state index is -0.557. The Morgan fingerprint density at radius 2 is 2.00 bits per heavy atom. The number of phenols is 1. The molecule has 24 heavy (non-hydrogen) atoms. The van der Waals surface area contributed by atoms with E-state index in [-0.39, 0.29) is 12.4 Å². The maximum absolute atomic E-state index is 10.2. The van der Waals surface area contributed by atoms with Crippen LogP contribution in [0.25, 0.3) is 0 Å². The third kappa shape index (κ3) is 4.64. The summed E-state index contributed by atoms with van der Waals surface area (Å²) in [7, 11) is 0. The summed E-state index contributed by atoms with van der Waals surface area (Å²) in [6.45, 7) is 1.34.